The molecule has 0 spiro atoms. The van der Waals surface area contributed by atoms with E-state index >= 15 is 0 Å². The molecule has 6 aromatic rings. The standard InChI is InChI=1S/C52H58BrN3O10S2/c1-32-20-27-67-47(32)35-8-6-34(7-9-35)33(2)54-50(60)43-28-39(58)30-56(43)51(61)49(52(3,4)5)55-45(59)31-64-24-23-62-21-22-63-25-26-65-40-15-17-41(18-16-40)66-46-42-19-14-38(57)29-44(42)68-48(46)36-10-12-37(53)13-11-36/h6-20,27,29,33,39,43,49,57-58H,21-26,28,30-31H2,1-5H3,(H,54,60)(H,55,59)/t33-,39+,43-,49+/m0/s1. The van der Waals surface area contributed by atoms with E-state index in [0.29, 0.717) is 37.9 Å². The highest BCUT2D eigenvalue weighted by atomic mass is 79.9. The number of fused-ring (bicyclic) bond motifs is 1. The van der Waals surface area contributed by atoms with Crippen LogP contribution in [0.2, 0.25) is 0 Å². The SMILES string of the molecule is Cc1ccsc1-c1ccc([C@H](C)NC(=O)[C@@H]2C[C@@H](O)CN2C(=O)[C@@H](NC(=O)COCCOCCOCCOc2ccc(Oc3c(-c4ccc(Br)cc4)sc4cc(O)ccc34)cc2)C(C)(C)C)cc1. The zero-order chi connectivity index (χ0) is 48.4. The fourth-order valence-corrected chi connectivity index (χ4v) is 10.2. The summed E-state index contributed by atoms with van der Waals surface area (Å²) in [6, 6.07) is 28.6. The molecule has 1 saturated heterocycles. The molecule has 2 aromatic heterocycles. The number of thiophene rings is 2. The summed E-state index contributed by atoms with van der Waals surface area (Å²) >= 11 is 6.74. The minimum atomic E-state index is -0.970. The van der Waals surface area contributed by atoms with Crippen LogP contribution in [0.1, 0.15) is 51.3 Å². The Morgan fingerprint density at radius 2 is 1.44 bits per heavy atom. The molecule has 7 rings (SSSR count). The van der Waals surface area contributed by atoms with Crippen LogP contribution in [-0.2, 0) is 28.6 Å². The smallest absolute Gasteiger partial charge is 0.246 e. The number of hydrogen-bond acceptors (Lipinski definition) is 12. The van der Waals surface area contributed by atoms with Crippen molar-refractivity contribution >= 4 is 66.4 Å². The van der Waals surface area contributed by atoms with Crippen molar-refractivity contribution in [2.45, 2.75) is 65.3 Å². The molecule has 4 atom stereocenters. The third kappa shape index (κ3) is 13.3. The van der Waals surface area contributed by atoms with Crippen LogP contribution < -0.4 is 20.1 Å². The molecular weight excluding hydrogens is 971 g/mol. The Kier molecular flexibility index (Phi) is 17.3. The lowest BCUT2D eigenvalue weighted by molar-refractivity contribution is -0.144. The first-order chi connectivity index (χ1) is 32.6. The molecule has 0 radical (unpaired) electrons. The molecule has 0 saturated carbocycles. The number of nitrogens with one attached hydrogen (secondary N) is 2. The Hall–Kier alpha value is -5.33. The number of phenolic OH excluding ortho intramolecular Hbond substituents is 1. The summed E-state index contributed by atoms with van der Waals surface area (Å²) in [6.45, 7) is 10.9. The number of aryl methyl sites for hydroxylation is 1. The second kappa shape index (κ2) is 23.3. The number of likely N-dealkylation sites (tertiary alicyclic amines) is 1. The van der Waals surface area contributed by atoms with Crippen LogP contribution in [0.3, 0.4) is 0 Å². The van der Waals surface area contributed by atoms with Gasteiger partial charge in [-0.15, -0.1) is 22.7 Å². The second-order valence-electron chi connectivity index (χ2n) is 17.7. The van der Waals surface area contributed by atoms with Crippen molar-refractivity contribution in [3.63, 3.8) is 0 Å². The van der Waals surface area contributed by atoms with Crippen molar-refractivity contribution in [2.75, 3.05) is 52.8 Å². The zero-order valence-electron chi connectivity index (χ0n) is 38.8. The number of aromatic hydroxyl groups is 1. The van der Waals surface area contributed by atoms with Crippen LogP contribution in [0.15, 0.2) is 107 Å². The van der Waals surface area contributed by atoms with Crippen LogP contribution in [0.4, 0.5) is 0 Å². The summed E-state index contributed by atoms with van der Waals surface area (Å²) < 4.78 is 31.0. The summed E-state index contributed by atoms with van der Waals surface area (Å²) in [5, 5.41) is 29.5. The van der Waals surface area contributed by atoms with Crippen molar-refractivity contribution in [3.05, 3.63) is 118 Å². The van der Waals surface area contributed by atoms with Crippen molar-refractivity contribution in [2.24, 2.45) is 5.41 Å². The number of carbonyl (C=O) groups excluding carboxylic acids is 3. The van der Waals surface area contributed by atoms with Gasteiger partial charge in [-0.25, -0.2) is 0 Å². The number of aliphatic hydroxyl groups excluding tert-OH is 1. The van der Waals surface area contributed by atoms with E-state index in [2.05, 4.69) is 44.9 Å². The van der Waals surface area contributed by atoms with E-state index < -0.39 is 35.4 Å². The topological polar surface area (TPSA) is 165 Å². The Morgan fingerprint density at radius 1 is 0.809 bits per heavy atom. The summed E-state index contributed by atoms with van der Waals surface area (Å²) in [6.07, 6.45) is -0.781. The van der Waals surface area contributed by atoms with Crippen molar-refractivity contribution in [3.8, 4) is 43.9 Å². The highest BCUT2D eigenvalue weighted by molar-refractivity contribution is 9.10. The molecule has 16 heteroatoms. The number of benzene rings is 4. The van der Waals surface area contributed by atoms with E-state index in [9.17, 15) is 24.6 Å². The van der Waals surface area contributed by atoms with Crippen molar-refractivity contribution in [1.29, 1.82) is 0 Å². The van der Waals surface area contributed by atoms with Gasteiger partial charge in [-0.1, -0.05) is 73.1 Å². The van der Waals surface area contributed by atoms with Gasteiger partial charge in [-0.05, 0) is 108 Å². The number of nitrogens with zero attached hydrogens (tertiary/aromatic N) is 1. The summed E-state index contributed by atoms with van der Waals surface area (Å²) in [4.78, 5) is 44.2. The van der Waals surface area contributed by atoms with Gasteiger partial charge in [0.2, 0.25) is 17.7 Å². The average molecular weight is 1030 g/mol. The van der Waals surface area contributed by atoms with Crippen molar-refractivity contribution < 1.29 is 48.3 Å². The molecule has 13 nitrogen and oxygen atoms in total. The Morgan fingerprint density at radius 3 is 2.10 bits per heavy atom. The normalized spacial score (nSPS) is 15.8. The van der Waals surface area contributed by atoms with Gasteiger partial charge in [0, 0.05) is 32.4 Å². The Balaban J connectivity index is 0.780. The van der Waals surface area contributed by atoms with E-state index in [-0.39, 0.29) is 50.5 Å². The average Bonchev–Trinajstić information content (AvgIpc) is 4.03. The molecule has 0 aliphatic carbocycles. The maximum Gasteiger partial charge on any atom is 0.246 e. The van der Waals surface area contributed by atoms with E-state index in [1.165, 1.54) is 15.3 Å². The fraction of sp³-hybridized carbons (Fsp3) is 0.365. The lowest BCUT2D eigenvalue weighted by atomic mass is 9.85. The molecule has 0 bridgehead atoms. The van der Waals surface area contributed by atoms with Gasteiger partial charge in [0.15, 0.2) is 5.75 Å². The molecule has 1 aliphatic heterocycles. The molecule has 3 amide bonds. The quantitative estimate of drug-likeness (QED) is 0.0511. The number of ether oxygens (including phenoxy) is 5. The second-order valence-corrected chi connectivity index (χ2v) is 20.6. The summed E-state index contributed by atoms with van der Waals surface area (Å²) in [5.41, 5.74) is 3.54. The molecular formula is C52H58BrN3O10S2. The third-order valence-electron chi connectivity index (χ3n) is 11.4. The Labute approximate surface area is 413 Å². The number of rotatable bonds is 21. The van der Waals surface area contributed by atoms with Crippen LogP contribution in [-0.4, -0.2) is 104 Å². The predicted octanol–water partition coefficient (Wildman–Crippen LogP) is 9.66. The maximum atomic E-state index is 14.0. The molecule has 4 N–H and O–H groups in total. The number of aliphatic hydroxyl groups is 1. The lowest BCUT2D eigenvalue weighted by Gasteiger charge is -2.35. The number of halogens is 1. The first-order valence-corrected chi connectivity index (χ1v) is 25.0. The monoisotopic (exact) mass is 1030 g/mol. The highest BCUT2D eigenvalue weighted by Gasteiger charge is 2.44. The van der Waals surface area contributed by atoms with Gasteiger partial charge in [0.25, 0.3) is 0 Å². The molecule has 68 heavy (non-hydrogen) atoms. The number of amides is 3. The number of β-amino-alcohol motifs (C(OH)–C–C–N with tert-alkyl or cyclic N) is 1. The van der Waals surface area contributed by atoms with Crippen LogP contribution >= 0.6 is 38.6 Å². The van der Waals surface area contributed by atoms with E-state index in [1.807, 2.05) is 107 Å². The fourth-order valence-electron chi connectivity index (χ4n) is 7.81. The lowest BCUT2D eigenvalue weighted by Crippen LogP contribution is -2.58. The molecule has 4 aromatic carbocycles. The van der Waals surface area contributed by atoms with Crippen molar-refractivity contribution in [1.82, 2.24) is 15.5 Å². The van der Waals surface area contributed by atoms with Gasteiger partial charge in [0.05, 0.1) is 50.1 Å². The Bertz CT molecular complexity index is 2630. The van der Waals surface area contributed by atoms with Crippen LogP contribution in [0, 0.1) is 12.3 Å². The highest BCUT2D eigenvalue weighted by Crippen LogP contribution is 2.47. The number of carbonyl (C=O) groups is 3. The number of phenols is 1. The molecule has 1 fully saturated rings. The van der Waals surface area contributed by atoms with Crippen LogP contribution in [0.25, 0.3) is 31.0 Å². The van der Waals surface area contributed by atoms with E-state index in [0.717, 1.165) is 41.9 Å². The largest absolute Gasteiger partial charge is 0.508 e. The molecule has 0 unspecified atom stereocenters. The van der Waals surface area contributed by atoms with Gasteiger partial charge in [-0.2, -0.15) is 0 Å². The molecule has 360 valence electrons. The number of hydrogen-bond donors (Lipinski definition) is 4. The van der Waals surface area contributed by atoms with Gasteiger partial charge >= 0.3 is 0 Å². The van der Waals surface area contributed by atoms with Gasteiger partial charge in [0.1, 0.15) is 42.5 Å². The summed E-state index contributed by atoms with van der Waals surface area (Å²) in [5.74, 6) is 0.943. The van der Waals surface area contributed by atoms with Crippen LogP contribution in [0.5, 0.6) is 23.0 Å². The predicted molar refractivity (Wildman–Crippen MR) is 270 cm³/mol. The van der Waals surface area contributed by atoms with Gasteiger partial charge in [-0.3, -0.25) is 14.4 Å². The first kappa shape index (κ1) is 50.5. The maximum absolute atomic E-state index is 14.0. The third-order valence-corrected chi connectivity index (χ3v) is 14.2. The molecule has 3 heterocycles. The first-order valence-electron chi connectivity index (χ1n) is 22.5. The van der Waals surface area contributed by atoms with E-state index in [4.69, 9.17) is 23.7 Å². The summed E-state index contributed by atoms with van der Waals surface area (Å²) in [7, 11) is 0. The molecule has 1 aliphatic rings. The zero-order valence-corrected chi connectivity index (χ0v) is 42.0. The van der Waals surface area contributed by atoms with Gasteiger partial charge < -0.3 is 49.4 Å². The van der Waals surface area contributed by atoms with E-state index in [1.54, 1.807) is 34.8 Å². The minimum Gasteiger partial charge on any atom is -0.508 e. The minimum absolute atomic E-state index is 0.0179.